The van der Waals surface area contributed by atoms with E-state index in [2.05, 4.69) is 15.4 Å². The number of rotatable bonds is 10. The number of hydrogen-bond acceptors (Lipinski definition) is 7. The maximum Gasteiger partial charge on any atom is 0.306 e. The molecule has 0 spiro atoms. The zero-order valence-electron chi connectivity index (χ0n) is 16.3. The molecule has 0 aliphatic rings. The normalized spacial score (nSPS) is 11.0. The summed E-state index contributed by atoms with van der Waals surface area (Å²) < 4.78 is 37.0. The van der Waals surface area contributed by atoms with Crippen molar-refractivity contribution in [1.82, 2.24) is 10.0 Å². The van der Waals surface area contributed by atoms with E-state index in [-0.39, 0.29) is 29.4 Å². The minimum absolute atomic E-state index is 0.0356. The lowest BCUT2D eigenvalue weighted by Gasteiger charge is -2.11. The molecule has 0 atom stereocenters. The number of sulfonamides is 1. The van der Waals surface area contributed by atoms with Gasteiger partial charge in [0.1, 0.15) is 5.76 Å². The predicted molar refractivity (Wildman–Crippen MR) is 114 cm³/mol. The van der Waals surface area contributed by atoms with E-state index in [0.717, 1.165) is 0 Å². The monoisotopic (exact) mass is 453 g/mol. The van der Waals surface area contributed by atoms with Gasteiger partial charge in [-0.1, -0.05) is 6.92 Å². The number of furan rings is 1. The molecule has 30 heavy (non-hydrogen) atoms. The standard InChI is InChI=1S/C19H23N3O6S2/c1-2-11-28-18(24)10-9-17(23)22-19(29)21-14-5-7-16(8-6-14)30(25,26)20-13-15-4-3-12-27-15/h3-8,12,20H,2,9-11,13H2,1H3,(H2,21,22,23,29). The number of benzene rings is 1. The Bertz CT molecular complexity index is 957. The van der Waals surface area contributed by atoms with Crippen molar-refractivity contribution < 1.29 is 27.2 Å². The summed E-state index contributed by atoms with van der Waals surface area (Å²) in [5.41, 5.74) is 0.493. The maximum atomic E-state index is 12.3. The fourth-order valence-corrected chi connectivity index (χ4v) is 3.46. The summed E-state index contributed by atoms with van der Waals surface area (Å²) in [6.45, 7) is 2.24. The first-order valence-corrected chi connectivity index (χ1v) is 11.1. The number of thiocarbonyl (C=S) groups is 1. The molecular formula is C19H23N3O6S2. The summed E-state index contributed by atoms with van der Waals surface area (Å²) >= 11 is 5.06. The second-order valence-corrected chi connectivity index (χ2v) is 8.33. The third-order valence-electron chi connectivity index (χ3n) is 3.72. The van der Waals surface area contributed by atoms with Crippen LogP contribution in [0.25, 0.3) is 0 Å². The molecule has 0 aliphatic heterocycles. The summed E-state index contributed by atoms with van der Waals surface area (Å²) in [5.74, 6) is -0.373. The van der Waals surface area contributed by atoms with E-state index < -0.39 is 21.9 Å². The Morgan fingerprint density at radius 3 is 2.50 bits per heavy atom. The molecule has 0 radical (unpaired) electrons. The van der Waals surface area contributed by atoms with E-state index in [1.54, 1.807) is 12.1 Å². The van der Waals surface area contributed by atoms with Gasteiger partial charge in [0, 0.05) is 12.1 Å². The number of nitrogens with one attached hydrogen (secondary N) is 3. The molecular weight excluding hydrogens is 430 g/mol. The van der Waals surface area contributed by atoms with Crippen LogP contribution in [0.15, 0.2) is 52.0 Å². The Morgan fingerprint density at radius 1 is 1.13 bits per heavy atom. The van der Waals surface area contributed by atoms with Gasteiger partial charge in [-0.15, -0.1) is 0 Å². The van der Waals surface area contributed by atoms with Crippen LogP contribution < -0.4 is 15.4 Å². The lowest BCUT2D eigenvalue weighted by Crippen LogP contribution is -2.34. The van der Waals surface area contributed by atoms with Gasteiger partial charge in [-0.2, -0.15) is 0 Å². The van der Waals surface area contributed by atoms with Crippen LogP contribution in [-0.2, 0) is 30.9 Å². The fraction of sp³-hybridized carbons (Fsp3) is 0.316. The molecule has 0 bridgehead atoms. The Balaban J connectivity index is 1.80. The number of hydrogen-bond donors (Lipinski definition) is 3. The van der Waals surface area contributed by atoms with E-state index in [0.29, 0.717) is 24.5 Å². The molecule has 1 amide bonds. The van der Waals surface area contributed by atoms with Crippen molar-refractivity contribution in [2.75, 3.05) is 11.9 Å². The predicted octanol–water partition coefficient (Wildman–Crippen LogP) is 2.30. The molecule has 0 unspecified atom stereocenters. The number of carbonyl (C=O) groups is 2. The van der Waals surface area contributed by atoms with Crippen LogP contribution >= 0.6 is 12.2 Å². The van der Waals surface area contributed by atoms with Crippen LogP contribution in [0.1, 0.15) is 31.9 Å². The molecule has 9 nitrogen and oxygen atoms in total. The molecule has 162 valence electrons. The van der Waals surface area contributed by atoms with Crippen LogP contribution in [0.5, 0.6) is 0 Å². The second kappa shape index (κ2) is 11.4. The lowest BCUT2D eigenvalue weighted by molar-refractivity contribution is -0.144. The summed E-state index contributed by atoms with van der Waals surface area (Å²) in [6, 6.07) is 9.18. The van der Waals surface area contributed by atoms with Gasteiger partial charge in [-0.25, -0.2) is 13.1 Å². The van der Waals surface area contributed by atoms with Crippen LogP contribution in [-0.4, -0.2) is 32.0 Å². The van der Waals surface area contributed by atoms with Gasteiger partial charge in [0.05, 0.1) is 30.7 Å². The average molecular weight is 454 g/mol. The van der Waals surface area contributed by atoms with E-state index in [1.807, 2.05) is 6.92 Å². The highest BCUT2D eigenvalue weighted by atomic mass is 32.2. The third kappa shape index (κ3) is 7.93. The van der Waals surface area contributed by atoms with Crippen molar-refractivity contribution in [3.8, 4) is 0 Å². The topological polar surface area (TPSA) is 127 Å². The molecule has 1 aromatic carbocycles. The van der Waals surface area contributed by atoms with Gasteiger partial charge < -0.3 is 19.8 Å². The average Bonchev–Trinajstić information content (AvgIpc) is 3.23. The first kappa shape index (κ1) is 23.5. The Hall–Kier alpha value is -2.76. The molecule has 0 saturated heterocycles. The molecule has 0 fully saturated rings. The van der Waals surface area contributed by atoms with Crippen molar-refractivity contribution in [2.45, 2.75) is 37.6 Å². The minimum Gasteiger partial charge on any atom is -0.468 e. The molecule has 1 heterocycles. The zero-order valence-corrected chi connectivity index (χ0v) is 18.0. The zero-order chi connectivity index (χ0) is 22.0. The molecule has 0 aliphatic carbocycles. The SMILES string of the molecule is CCCOC(=O)CCC(=O)NC(=S)Nc1ccc(S(=O)(=O)NCc2ccco2)cc1. The number of amides is 1. The van der Waals surface area contributed by atoms with Crippen molar-refractivity contribution in [3.05, 3.63) is 48.4 Å². The lowest BCUT2D eigenvalue weighted by atomic mass is 10.3. The van der Waals surface area contributed by atoms with Crippen LogP contribution in [0.3, 0.4) is 0 Å². The van der Waals surface area contributed by atoms with E-state index >= 15 is 0 Å². The smallest absolute Gasteiger partial charge is 0.306 e. The highest BCUT2D eigenvalue weighted by molar-refractivity contribution is 7.89. The van der Waals surface area contributed by atoms with Crippen LogP contribution in [0.2, 0.25) is 0 Å². The molecule has 3 N–H and O–H groups in total. The largest absolute Gasteiger partial charge is 0.468 e. The summed E-state index contributed by atoms with van der Waals surface area (Å²) in [5, 5.41) is 5.27. The number of anilines is 1. The second-order valence-electron chi connectivity index (χ2n) is 6.15. The molecule has 11 heteroatoms. The molecule has 2 rings (SSSR count). The quantitative estimate of drug-likeness (QED) is 0.369. The Labute approximate surface area is 180 Å². The molecule has 2 aromatic rings. The highest BCUT2D eigenvalue weighted by Gasteiger charge is 2.15. The first-order chi connectivity index (χ1) is 14.3. The highest BCUT2D eigenvalue weighted by Crippen LogP contribution is 2.14. The summed E-state index contributed by atoms with van der Waals surface area (Å²) in [7, 11) is -3.71. The number of esters is 1. The van der Waals surface area contributed by atoms with Gasteiger partial charge in [0.2, 0.25) is 15.9 Å². The first-order valence-electron chi connectivity index (χ1n) is 9.18. The van der Waals surface area contributed by atoms with Crippen molar-refractivity contribution in [2.24, 2.45) is 0 Å². The minimum atomic E-state index is -3.71. The summed E-state index contributed by atoms with van der Waals surface area (Å²) in [4.78, 5) is 23.3. The van der Waals surface area contributed by atoms with Gasteiger partial charge in [0.15, 0.2) is 5.11 Å². The molecule has 1 aromatic heterocycles. The van der Waals surface area contributed by atoms with Crippen LogP contribution in [0.4, 0.5) is 5.69 Å². The Kier molecular flexibility index (Phi) is 8.96. The van der Waals surface area contributed by atoms with E-state index in [9.17, 15) is 18.0 Å². The van der Waals surface area contributed by atoms with Gasteiger partial charge >= 0.3 is 5.97 Å². The Morgan fingerprint density at radius 2 is 1.87 bits per heavy atom. The van der Waals surface area contributed by atoms with Crippen molar-refractivity contribution in [1.29, 1.82) is 0 Å². The van der Waals surface area contributed by atoms with Gasteiger partial charge in [0.25, 0.3) is 0 Å². The fourth-order valence-electron chi connectivity index (χ4n) is 2.24. The molecule has 0 saturated carbocycles. The van der Waals surface area contributed by atoms with E-state index in [4.69, 9.17) is 21.4 Å². The van der Waals surface area contributed by atoms with E-state index in [1.165, 1.54) is 30.5 Å². The van der Waals surface area contributed by atoms with Crippen LogP contribution in [0, 0.1) is 0 Å². The van der Waals surface area contributed by atoms with Gasteiger partial charge in [-0.05, 0) is 55.0 Å². The number of ether oxygens (including phenoxy) is 1. The van der Waals surface area contributed by atoms with Crippen molar-refractivity contribution in [3.63, 3.8) is 0 Å². The summed E-state index contributed by atoms with van der Waals surface area (Å²) in [6.07, 6.45) is 2.09. The third-order valence-corrected chi connectivity index (χ3v) is 5.34. The van der Waals surface area contributed by atoms with Gasteiger partial charge in [-0.3, -0.25) is 9.59 Å². The van der Waals surface area contributed by atoms with Crippen molar-refractivity contribution >= 4 is 44.9 Å². The maximum absolute atomic E-state index is 12.3. The number of carbonyl (C=O) groups excluding carboxylic acids is 2.